The maximum Gasteiger partial charge on any atom is 0.515 e. The number of phenolic OH excluding ortho intramolecular Hbond substituents is 1. The molecule has 2 aromatic rings. The van der Waals surface area contributed by atoms with Gasteiger partial charge in [-0.1, -0.05) is 0 Å². The topological polar surface area (TPSA) is 101 Å². The van der Waals surface area contributed by atoms with Crippen LogP contribution in [0.5, 0.6) is 11.6 Å². The Labute approximate surface area is 146 Å². The van der Waals surface area contributed by atoms with Gasteiger partial charge in [-0.2, -0.15) is 0 Å². The number of Topliss-reactive ketones (excluding diaryl/α,β-unsaturated/α-hetero) is 1. The number of aromatic nitrogens is 1. The molecule has 1 aromatic carbocycles. The lowest BCUT2D eigenvalue weighted by Gasteiger charge is -2.20. The molecule has 7 heteroatoms. The van der Waals surface area contributed by atoms with E-state index in [9.17, 15) is 14.7 Å². The number of H-pyrrole nitrogens is 1. The summed E-state index contributed by atoms with van der Waals surface area (Å²) in [6, 6.07) is 3.01. The van der Waals surface area contributed by atoms with Crippen molar-refractivity contribution in [3.8, 4) is 11.6 Å². The molecule has 0 bridgehead atoms. The Morgan fingerprint density at radius 2 is 1.96 bits per heavy atom. The number of ether oxygens (including phenoxy) is 2. The maximum atomic E-state index is 12.6. The fourth-order valence-electron chi connectivity index (χ4n) is 2.43. The average molecular weight is 348 g/mol. The number of carbonyl (C=O) groups excluding carboxylic acids is 2. The summed E-state index contributed by atoms with van der Waals surface area (Å²) >= 11 is 0. The standard InChI is InChI=1S/C18H24N2O5/c1-6-24-17(23)25-16-10(2)14-11(7-8-12(21)15(14)20-16)13(22)9-19-18(3,4)5/h7-8,19-21H,6,9H2,1-5H3. The van der Waals surface area contributed by atoms with Crippen LogP contribution < -0.4 is 10.1 Å². The van der Waals surface area contributed by atoms with Gasteiger partial charge >= 0.3 is 6.16 Å². The van der Waals surface area contributed by atoms with Gasteiger partial charge in [-0.05, 0) is 46.8 Å². The molecular weight excluding hydrogens is 324 g/mol. The second-order valence-corrected chi connectivity index (χ2v) is 6.77. The summed E-state index contributed by atoms with van der Waals surface area (Å²) in [5.41, 5.74) is 1.14. The maximum absolute atomic E-state index is 12.6. The summed E-state index contributed by atoms with van der Waals surface area (Å²) in [5, 5.41) is 13.8. The molecule has 0 aliphatic rings. The highest BCUT2D eigenvalue weighted by Crippen LogP contribution is 2.35. The van der Waals surface area contributed by atoms with Gasteiger partial charge in [0.05, 0.1) is 18.7 Å². The van der Waals surface area contributed by atoms with Crippen molar-refractivity contribution in [3.63, 3.8) is 0 Å². The molecule has 0 amide bonds. The van der Waals surface area contributed by atoms with E-state index in [1.807, 2.05) is 20.8 Å². The van der Waals surface area contributed by atoms with Crippen LogP contribution in [0, 0.1) is 6.92 Å². The molecule has 0 saturated heterocycles. The van der Waals surface area contributed by atoms with E-state index in [1.54, 1.807) is 19.9 Å². The van der Waals surface area contributed by atoms with Crippen LogP contribution in [-0.4, -0.2) is 40.7 Å². The Morgan fingerprint density at radius 1 is 1.28 bits per heavy atom. The van der Waals surface area contributed by atoms with Crippen LogP contribution in [0.2, 0.25) is 0 Å². The third kappa shape index (κ3) is 4.30. The molecule has 0 spiro atoms. The molecular formula is C18H24N2O5. The summed E-state index contributed by atoms with van der Waals surface area (Å²) in [7, 11) is 0. The van der Waals surface area contributed by atoms with E-state index >= 15 is 0 Å². The Balaban J connectivity index is 2.42. The van der Waals surface area contributed by atoms with Crippen molar-refractivity contribution in [2.24, 2.45) is 0 Å². The molecule has 0 atom stereocenters. The third-order valence-electron chi connectivity index (χ3n) is 3.66. The van der Waals surface area contributed by atoms with Crippen molar-refractivity contribution in [2.75, 3.05) is 13.2 Å². The van der Waals surface area contributed by atoms with Crippen molar-refractivity contribution >= 4 is 22.8 Å². The van der Waals surface area contributed by atoms with E-state index in [2.05, 4.69) is 10.3 Å². The average Bonchev–Trinajstić information content (AvgIpc) is 2.83. The number of fused-ring (bicyclic) bond motifs is 1. The van der Waals surface area contributed by atoms with E-state index in [0.717, 1.165) is 0 Å². The number of ketones is 1. The molecule has 0 aliphatic heterocycles. The normalized spacial score (nSPS) is 11.6. The van der Waals surface area contributed by atoms with Gasteiger partial charge < -0.3 is 24.9 Å². The first-order valence-corrected chi connectivity index (χ1v) is 8.11. The van der Waals surface area contributed by atoms with Crippen LogP contribution in [0.4, 0.5) is 4.79 Å². The summed E-state index contributed by atoms with van der Waals surface area (Å²) in [6.45, 7) is 9.64. The van der Waals surface area contributed by atoms with Crippen LogP contribution >= 0.6 is 0 Å². The van der Waals surface area contributed by atoms with Gasteiger partial charge in [-0.3, -0.25) is 4.79 Å². The fraction of sp³-hybridized carbons (Fsp3) is 0.444. The van der Waals surface area contributed by atoms with Crippen LogP contribution in [0.1, 0.15) is 43.6 Å². The molecule has 7 nitrogen and oxygen atoms in total. The molecule has 136 valence electrons. The zero-order valence-electron chi connectivity index (χ0n) is 15.1. The van der Waals surface area contributed by atoms with Crippen molar-refractivity contribution in [2.45, 2.75) is 40.2 Å². The van der Waals surface area contributed by atoms with Crippen molar-refractivity contribution in [1.29, 1.82) is 0 Å². The van der Waals surface area contributed by atoms with E-state index in [4.69, 9.17) is 9.47 Å². The van der Waals surface area contributed by atoms with Crippen LogP contribution in [0.25, 0.3) is 10.9 Å². The minimum Gasteiger partial charge on any atom is -0.506 e. The molecule has 1 aromatic heterocycles. The van der Waals surface area contributed by atoms with Crippen molar-refractivity contribution in [1.82, 2.24) is 10.3 Å². The van der Waals surface area contributed by atoms with E-state index in [1.165, 1.54) is 6.07 Å². The predicted octanol–water partition coefficient (Wildman–Crippen LogP) is 3.29. The SMILES string of the molecule is CCOC(=O)Oc1[nH]c2c(O)ccc(C(=O)CNC(C)(C)C)c2c1C. The lowest BCUT2D eigenvalue weighted by Crippen LogP contribution is -2.39. The van der Waals surface area contributed by atoms with Gasteiger partial charge in [0.15, 0.2) is 5.78 Å². The quantitative estimate of drug-likeness (QED) is 0.566. The third-order valence-corrected chi connectivity index (χ3v) is 3.66. The summed E-state index contributed by atoms with van der Waals surface area (Å²) in [6.07, 6.45) is -0.848. The number of carbonyl (C=O) groups is 2. The Hall–Kier alpha value is -2.54. The summed E-state index contributed by atoms with van der Waals surface area (Å²) < 4.78 is 9.88. The molecule has 0 unspecified atom stereocenters. The Morgan fingerprint density at radius 3 is 2.56 bits per heavy atom. The van der Waals surface area contributed by atoms with Gasteiger partial charge in [0.2, 0.25) is 5.88 Å². The largest absolute Gasteiger partial charge is 0.515 e. The molecule has 3 N–H and O–H groups in total. The van der Waals surface area contributed by atoms with E-state index in [0.29, 0.717) is 22.0 Å². The van der Waals surface area contributed by atoms with Gasteiger partial charge in [-0.25, -0.2) is 4.79 Å². The highest BCUT2D eigenvalue weighted by molar-refractivity contribution is 6.11. The number of aromatic hydroxyl groups is 1. The zero-order chi connectivity index (χ0) is 18.8. The number of rotatable bonds is 5. The number of nitrogens with one attached hydrogen (secondary N) is 2. The van der Waals surface area contributed by atoms with Crippen LogP contribution in [0.15, 0.2) is 12.1 Å². The summed E-state index contributed by atoms with van der Waals surface area (Å²) in [4.78, 5) is 27.0. The minimum absolute atomic E-state index is 0.0304. The molecule has 0 saturated carbocycles. The number of phenols is 1. The number of hydrogen-bond donors (Lipinski definition) is 3. The predicted molar refractivity (Wildman–Crippen MR) is 94.4 cm³/mol. The van der Waals surface area contributed by atoms with Crippen LogP contribution in [-0.2, 0) is 4.74 Å². The number of aromatic amines is 1. The van der Waals surface area contributed by atoms with Crippen molar-refractivity contribution < 1.29 is 24.2 Å². The van der Waals surface area contributed by atoms with Gasteiger partial charge in [0.25, 0.3) is 0 Å². The number of aryl methyl sites for hydroxylation is 1. The molecule has 1 heterocycles. The van der Waals surface area contributed by atoms with Gasteiger partial charge in [-0.15, -0.1) is 0 Å². The smallest absolute Gasteiger partial charge is 0.506 e. The molecule has 0 aliphatic carbocycles. The second-order valence-electron chi connectivity index (χ2n) is 6.77. The Kier molecular flexibility index (Phi) is 5.37. The number of hydrogen-bond acceptors (Lipinski definition) is 6. The first-order chi connectivity index (χ1) is 11.6. The van der Waals surface area contributed by atoms with E-state index < -0.39 is 6.16 Å². The molecule has 2 rings (SSSR count). The highest BCUT2D eigenvalue weighted by atomic mass is 16.7. The van der Waals surface area contributed by atoms with Crippen molar-refractivity contribution in [3.05, 3.63) is 23.3 Å². The van der Waals surface area contributed by atoms with E-state index in [-0.39, 0.29) is 36.1 Å². The number of benzene rings is 1. The molecule has 25 heavy (non-hydrogen) atoms. The lowest BCUT2D eigenvalue weighted by atomic mass is 10.0. The van der Waals surface area contributed by atoms with Gasteiger partial charge in [0, 0.05) is 22.1 Å². The van der Waals surface area contributed by atoms with Gasteiger partial charge in [0.1, 0.15) is 5.75 Å². The van der Waals surface area contributed by atoms with Crippen LogP contribution in [0.3, 0.4) is 0 Å². The monoisotopic (exact) mass is 348 g/mol. The minimum atomic E-state index is -0.848. The molecule has 0 fully saturated rings. The summed E-state index contributed by atoms with van der Waals surface area (Å²) in [5.74, 6) is -0.00497. The lowest BCUT2D eigenvalue weighted by molar-refractivity contribution is 0.0982. The zero-order valence-corrected chi connectivity index (χ0v) is 15.1. The first-order valence-electron chi connectivity index (χ1n) is 8.11. The highest BCUT2D eigenvalue weighted by Gasteiger charge is 2.22. The first kappa shape index (κ1) is 18.8. The second kappa shape index (κ2) is 7.14. The molecule has 0 radical (unpaired) electrons. The fourth-order valence-corrected chi connectivity index (χ4v) is 2.43. The Bertz CT molecular complexity index is 802.